The fourth-order valence-corrected chi connectivity index (χ4v) is 3.84. The fraction of sp³-hybridized carbons (Fsp3) is 0.588. The Balaban J connectivity index is 0.00000113. The number of rotatable bonds is 5. The highest BCUT2D eigenvalue weighted by molar-refractivity contribution is 7.09. The molecule has 5 nitrogen and oxygen atoms in total. The standard InChI is InChI=1S/C17H23N5S.2ClH/c1-22(11-16-19-8-9-23-16)17-13-4-6-18-7-5-14(13)20-15(21-17)10-12-2-3-12;;/h8-9,12,18H,2-7,10-11H2,1H3;2*1H. The van der Waals surface area contributed by atoms with Gasteiger partial charge in [0.1, 0.15) is 16.6 Å². The van der Waals surface area contributed by atoms with Crippen molar-refractivity contribution in [2.24, 2.45) is 5.92 Å². The van der Waals surface area contributed by atoms with Crippen molar-refractivity contribution in [3.63, 3.8) is 0 Å². The minimum atomic E-state index is 0. The Morgan fingerprint density at radius 3 is 2.72 bits per heavy atom. The zero-order valence-corrected chi connectivity index (χ0v) is 16.9. The Hall–Kier alpha value is -0.950. The molecule has 0 radical (unpaired) electrons. The summed E-state index contributed by atoms with van der Waals surface area (Å²) < 4.78 is 0. The molecule has 2 aromatic rings. The molecule has 0 spiro atoms. The third-order valence-electron chi connectivity index (χ3n) is 4.59. The van der Waals surface area contributed by atoms with Crippen LogP contribution in [0.25, 0.3) is 0 Å². The summed E-state index contributed by atoms with van der Waals surface area (Å²) in [7, 11) is 2.13. The van der Waals surface area contributed by atoms with Gasteiger partial charge < -0.3 is 10.2 Å². The summed E-state index contributed by atoms with van der Waals surface area (Å²) in [5.41, 5.74) is 2.58. The van der Waals surface area contributed by atoms with Crippen LogP contribution in [0.3, 0.4) is 0 Å². The second kappa shape index (κ2) is 9.12. The van der Waals surface area contributed by atoms with Crippen LogP contribution in [0.15, 0.2) is 11.6 Å². The summed E-state index contributed by atoms with van der Waals surface area (Å²) in [6, 6.07) is 0. The number of hydrogen-bond acceptors (Lipinski definition) is 6. The molecule has 1 saturated carbocycles. The lowest BCUT2D eigenvalue weighted by molar-refractivity contribution is 0.706. The molecule has 2 aliphatic rings. The monoisotopic (exact) mass is 401 g/mol. The fourth-order valence-electron chi connectivity index (χ4n) is 3.17. The number of fused-ring (bicyclic) bond motifs is 1. The summed E-state index contributed by atoms with van der Waals surface area (Å²) >= 11 is 1.70. The van der Waals surface area contributed by atoms with Crippen molar-refractivity contribution < 1.29 is 0 Å². The molecule has 25 heavy (non-hydrogen) atoms. The van der Waals surface area contributed by atoms with E-state index in [9.17, 15) is 0 Å². The van der Waals surface area contributed by atoms with Gasteiger partial charge in [-0.2, -0.15) is 0 Å². The predicted octanol–water partition coefficient (Wildman–Crippen LogP) is 3.05. The molecule has 3 heterocycles. The Kier molecular flexibility index (Phi) is 7.43. The van der Waals surface area contributed by atoms with Gasteiger partial charge in [0.25, 0.3) is 0 Å². The van der Waals surface area contributed by atoms with E-state index < -0.39 is 0 Å². The number of nitrogens with one attached hydrogen (secondary N) is 1. The first-order chi connectivity index (χ1) is 11.3. The molecule has 138 valence electrons. The molecule has 0 bridgehead atoms. The first-order valence-electron chi connectivity index (χ1n) is 8.48. The first-order valence-corrected chi connectivity index (χ1v) is 9.36. The van der Waals surface area contributed by atoms with Gasteiger partial charge in [-0.25, -0.2) is 15.0 Å². The molecule has 0 unspecified atom stereocenters. The maximum Gasteiger partial charge on any atom is 0.135 e. The van der Waals surface area contributed by atoms with Crippen molar-refractivity contribution in [1.29, 1.82) is 0 Å². The highest BCUT2D eigenvalue weighted by Crippen LogP contribution is 2.33. The molecule has 0 amide bonds. The molecule has 0 aromatic carbocycles. The molecule has 1 fully saturated rings. The second-order valence-corrected chi connectivity index (χ2v) is 7.55. The molecule has 1 aliphatic carbocycles. The van der Waals surface area contributed by atoms with Crippen molar-refractivity contribution in [2.45, 2.75) is 38.6 Å². The van der Waals surface area contributed by atoms with E-state index in [1.54, 1.807) is 11.3 Å². The van der Waals surface area contributed by atoms with E-state index in [1.165, 1.54) is 24.1 Å². The predicted molar refractivity (Wildman–Crippen MR) is 107 cm³/mol. The summed E-state index contributed by atoms with van der Waals surface area (Å²) in [5, 5.41) is 6.65. The van der Waals surface area contributed by atoms with Crippen molar-refractivity contribution in [1.82, 2.24) is 20.3 Å². The van der Waals surface area contributed by atoms with Crippen LogP contribution < -0.4 is 10.2 Å². The molecule has 4 rings (SSSR count). The van der Waals surface area contributed by atoms with Crippen LogP contribution in [-0.2, 0) is 25.8 Å². The topological polar surface area (TPSA) is 53.9 Å². The third-order valence-corrected chi connectivity index (χ3v) is 5.36. The quantitative estimate of drug-likeness (QED) is 0.833. The largest absolute Gasteiger partial charge is 0.353 e. The SMILES string of the molecule is CN(Cc1nccs1)c1nc(CC2CC2)nc2c1CCNCC2.Cl.Cl. The van der Waals surface area contributed by atoms with Crippen LogP contribution in [0.1, 0.15) is 34.9 Å². The average Bonchev–Trinajstić information content (AvgIpc) is 3.27. The maximum absolute atomic E-state index is 4.95. The van der Waals surface area contributed by atoms with Crippen LogP contribution in [0.4, 0.5) is 5.82 Å². The van der Waals surface area contributed by atoms with Crippen LogP contribution in [-0.4, -0.2) is 35.1 Å². The Morgan fingerprint density at radius 1 is 1.20 bits per heavy atom. The molecule has 0 atom stereocenters. The zero-order chi connectivity index (χ0) is 15.6. The van der Waals surface area contributed by atoms with Crippen LogP contribution in [0.5, 0.6) is 0 Å². The van der Waals surface area contributed by atoms with E-state index in [1.807, 2.05) is 11.6 Å². The molecular formula is C17H25Cl2N5S. The van der Waals surface area contributed by atoms with Crippen molar-refractivity contribution >= 4 is 42.0 Å². The maximum atomic E-state index is 4.95. The van der Waals surface area contributed by atoms with Crippen LogP contribution in [0.2, 0.25) is 0 Å². The highest BCUT2D eigenvalue weighted by Gasteiger charge is 2.25. The number of hydrogen-bond donors (Lipinski definition) is 1. The molecule has 8 heteroatoms. The molecule has 2 aromatic heterocycles. The number of aromatic nitrogens is 3. The molecule has 0 saturated heterocycles. The highest BCUT2D eigenvalue weighted by atomic mass is 35.5. The van der Waals surface area contributed by atoms with Crippen LogP contribution in [0, 0.1) is 5.92 Å². The third kappa shape index (κ3) is 5.03. The van der Waals surface area contributed by atoms with Crippen molar-refractivity contribution in [3.8, 4) is 0 Å². The molecular weight excluding hydrogens is 377 g/mol. The number of anilines is 1. The number of halogens is 2. The van der Waals surface area contributed by atoms with E-state index in [4.69, 9.17) is 9.97 Å². The van der Waals surface area contributed by atoms with E-state index in [0.717, 1.165) is 61.5 Å². The van der Waals surface area contributed by atoms with Crippen molar-refractivity contribution in [2.75, 3.05) is 25.0 Å². The zero-order valence-electron chi connectivity index (χ0n) is 14.4. The summed E-state index contributed by atoms with van der Waals surface area (Å²) in [6.45, 7) is 2.84. The van der Waals surface area contributed by atoms with E-state index >= 15 is 0 Å². The van der Waals surface area contributed by atoms with E-state index in [2.05, 4.69) is 22.2 Å². The lowest BCUT2D eigenvalue weighted by Crippen LogP contribution is -2.22. The minimum absolute atomic E-state index is 0. The summed E-state index contributed by atoms with van der Waals surface area (Å²) in [4.78, 5) is 16.5. The first kappa shape index (κ1) is 20.4. The summed E-state index contributed by atoms with van der Waals surface area (Å²) in [6.07, 6.45) is 7.61. The summed E-state index contributed by atoms with van der Waals surface area (Å²) in [5.74, 6) is 2.97. The van der Waals surface area contributed by atoms with E-state index in [-0.39, 0.29) is 24.8 Å². The molecule has 1 N–H and O–H groups in total. The van der Waals surface area contributed by atoms with Gasteiger partial charge in [0, 0.05) is 43.6 Å². The number of thiazole rings is 1. The Bertz CT molecular complexity index is 676. The van der Waals surface area contributed by atoms with Crippen molar-refractivity contribution in [3.05, 3.63) is 33.7 Å². The Morgan fingerprint density at radius 2 is 2.00 bits per heavy atom. The smallest absolute Gasteiger partial charge is 0.135 e. The van der Waals surface area contributed by atoms with Crippen LogP contribution >= 0.6 is 36.2 Å². The lowest BCUT2D eigenvalue weighted by atomic mass is 10.1. The second-order valence-electron chi connectivity index (χ2n) is 6.57. The van der Waals surface area contributed by atoms with Gasteiger partial charge >= 0.3 is 0 Å². The normalized spacial score (nSPS) is 16.2. The average molecular weight is 402 g/mol. The van der Waals surface area contributed by atoms with Gasteiger partial charge in [-0.05, 0) is 31.7 Å². The van der Waals surface area contributed by atoms with Gasteiger partial charge in [-0.15, -0.1) is 36.2 Å². The number of nitrogens with zero attached hydrogens (tertiary/aromatic N) is 4. The van der Waals surface area contributed by atoms with Gasteiger partial charge in [0.15, 0.2) is 0 Å². The molecule has 1 aliphatic heterocycles. The Labute approximate surface area is 165 Å². The van der Waals surface area contributed by atoms with Gasteiger partial charge in [-0.1, -0.05) is 0 Å². The lowest BCUT2D eigenvalue weighted by Gasteiger charge is -2.22. The van der Waals surface area contributed by atoms with Gasteiger partial charge in [0.2, 0.25) is 0 Å². The minimum Gasteiger partial charge on any atom is -0.353 e. The van der Waals surface area contributed by atoms with E-state index in [0.29, 0.717) is 0 Å². The van der Waals surface area contributed by atoms with Gasteiger partial charge in [-0.3, -0.25) is 0 Å². The van der Waals surface area contributed by atoms with Gasteiger partial charge in [0.05, 0.1) is 12.2 Å².